The lowest BCUT2D eigenvalue weighted by Crippen LogP contribution is -2.37. The van der Waals surface area contributed by atoms with Gasteiger partial charge in [-0.25, -0.2) is 12.9 Å². The number of rotatable bonds is 8. The van der Waals surface area contributed by atoms with E-state index in [-0.39, 0.29) is 22.5 Å². The van der Waals surface area contributed by atoms with Gasteiger partial charge in [0.15, 0.2) is 0 Å². The Balaban J connectivity index is 1.48. The van der Waals surface area contributed by atoms with E-state index in [1.54, 1.807) is 39.9 Å². The van der Waals surface area contributed by atoms with Gasteiger partial charge in [0.25, 0.3) is 5.91 Å². The predicted molar refractivity (Wildman–Crippen MR) is 134 cm³/mol. The number of fused-ring (bicyclic) bond motifs is 1. The summed E-state index contributed by atoms with van der Waals surface area (Å²) < 4.78 is 29.6. The molecule has 3 heterocycles. The molecule has 3 aromatic rings. The second-order valence-corrected chi connectivity index (χ2v) is 11.0. The molecule has 0 unspecified atom stereocenters. The van der Waals surface area contributed by atoms with Gasteiger partial charge in [-0.15, -0.1) is 0 Å². The lowest BCUT2D eigenvalue weighted by molar-refractivity contribution is -0.116. The van der Waals surface area contributed by atoms with Crippen LogP contribution in [0.2, 0.25) is 0 Å². The van der Waals surface area contributed by atoms with Crippen LogP contribution in [0.3, 0.4) is 0 Å². The molecule has 1 aromatic carbocycles. The number of amides is 1. The zero-order valence-corrected chi connectivity index (χ0v) is 21.3. The number of benzene rings is 1. The lowest BCUT2D eigenvalue weighted by Gasteiger charge is -2.31. The zero-order chi connectivity index (χ0) is 25.2. The van der Waals surface area contributed by atoms with Gasteiger partial charge < -0.3 is 4.90 Å². The number of hydrogen-bond donors (Lipinski definition) is 0. The van der Waals surface area contributed by atoms with Crippen molar-refractivity contribution in [2.75, 3.05) is 26.2 Å². The maximum absolute atomic E-state index is 13.1. The maximum Gasteiger partial charge on any atom is 0.257 e. The first-order valence-electron chi connectivity index (χ1n) is 12.1. The van der Waals surface area contributed by atoms with E-state index in [0.29, 0.717) is 51.0 Å². The Labute approximate surface area is 206 Å². The molecule has 0 spiro atoms. The number of sulfonamides is 1. The topological polar surface area (TPSA) is 92.1 Å². The van der Waals surface area contributed by atoms with Crippen LogP contribution in [0, 0.1) is 0 Å². The zero-order valence-electron chi connectivity index (χ0n) is 20.5. The SMILES string of the molecule is CCN(CC)C(=O)c1cnn2ccc(C3CCN(S(=O)(=O)c4ccc(CC(C)=O)cc4)CC3)cc12. The summed E-state index contributed by atoms with van der Waals surface area (Å²) in [6.07, 6.45) is 5.19. The first-order valence-corrected chi connectivity index (χ1v) is 13.5. The third kappa shape index (κ3) is 5.16. The van der Waals surface area contributed by atoms with Crippen molar-refractivity contribution in [1.82, 2.24) is 18.8 Å². The molecule has 9 heteroatoms. The molecule has 0 atom stereocenters. The summed E-state index contributed by atoms with van der Waals surface area (Å²) in [7, 11) is -3.59. The van der Waals surface area contributed by atoms with Crippen molar-refractivity contribution in [1.29, 1.82) is 0 Å². The molecular weight excluding hydrogens is 464 g/mol. The molecule has 35 heavy (non-hydrogen) atoms. The van der Waals surface area contributed by atoms with Crippen LogP contribution in [0.25, 0.3) is 5.52 Å². The molecular formula is C26H32N4O4S. The predicted octanol–water partition coefficient (Wildman–Crippen LogP) is 3.52. The number of carbonyl (C=O) groups excluding carboxylic acids is 2. The van der Waals surface area contributed by atoms with Gasteiger partial charge in [-0.05, 0) is 74.9 Å². The quantitative estimate of drug-likeness (QED) is 0.476. The average molecular weight is 497 g/mol. The summed E-state index contributed by atoms with van der Waals surface area (Å²) in [6.45, 7) is 7.57. The molecule has 1 amide bonds. The first-order chi connectivity index (χ1) is 16.7. The maximum atomic E-state index is 13.1. The molecule has 4 rings (SSSR count). The fourth-order valence-electron chi connectivity index (χ4n) is 4.74. The van der Waals surface area contributed by atoms with Gasteiger partial charge in [0.05, 0.1) is 22.2 Å². The highest BCUT2D eigenvalue weighted by Gasteiger charge is 2.30. The first kappa shape index (κ1) is 25.1. The third-order valence-corrected chi connectivity index (χ3v) is 8.68. The highest BCUT2D eigenvalue weighted by atomic mass is 32.2. The van der Waals surface area contributed by atoms with E-state index < -0.39 is 10.0 Å². The Kier molecular flexibility index (Phi) is 7.37. The van der Waals surface area contributed by atoms with Crippen LogP contribution in [-0.4, -0.2) is 65.1 Å². The van der Waals surface area contributed by atoms with Gasteiger partial charge in [0, 0.05) is 38.8 Å². The van der Waals surface area contributed by atoms with Gasteiger partial charge in [-0.2, -0.15) is 9.40 Å². The molecule has 0 radical (unpaired) electrons. The largest absolute Gasteiger partial charge is 0.339 e. The van der Waals surface area contributed by atoms with Crippen molar-refractivity contribution in [3.63, 3.8) is 0 Å². The van der Waals surface area contributed by atoms with E-state index in [2.05, 4.69) is 5.10 Å². The Hall–Kier alpha value is -3.04. The van der Waals surface area contributed by atoms with Gasteiger partial charge in [0.1, 0.15) is 5.78 Å². The Morgan fingerprint density at radius 1 is 1.06 bits per heavy atom. The second kappa shape index (κ2) is 10.3. The van der Waals surface area contributed by atoms with Crippen LogP contribution in [0.15, 0.2) is 53.7 Å². The van der Waals surface area contributed by atoms with Gasteiger partial charge in [-0.3, -0.25) is 9.59 Å². The fourth-order valence-corrected chi connectivity index (χ4v) is 6.21. The Morgan fingerprint density at radius 2 is 1.71 bits per heavy atom. The molecule has 0 aliphatic carbocycles. The van der Waals surface area contributed by atoms with E-state index >= 15 is 0 Å². The summed E-state index contributed by atoms with van der Waals surface area (Å²) in [4.78, 5) is 26.3. The summed E-state index contributed by atoms with van der Waals surface area (Å²) in [5, 5.41) is 4.34. The summed E-state index contributed by atoms with van der Waals surface area (Å²) >= 11 is 0. The number of ketones is 1. The monoisotopic (exact) mass is 496 g/mol. The normalized spacial score (nSPS) is 15.4. The van der Waals surface area contributed by atoms with E-state index in [1.807, 2.05) is 32.2 Å². The number of nitrogens with zero attached hydrogens (tertiary/aromatic N) is 4. The van der Waals surface area contributed by atoms with Crippen molar-refractivity contribution in [2.45, 2.75) is 50.8 Å². The summed E-state index contributed by atoms with van der Waals surface area (Å²) in [6, 6.07) is 10.6. The smallest absolute Gasteiger partial charge is 0.257 e. The van der Waals surface area contributed by atoms with Crippen LogP contribution < -0.4 is 0 Å². The van der Waals surface area contributed by atoms with Crippen LogP contribution in [-0.2, 0) is 21.2 Å². The van der Waals surface area contributed by atoms with Crippen molar-refractivity contribution in [3.8, 4) is 0 Å². The van der Waals surface area contributed by atoms with Crippen LogP contribution in [0.4, 0.5) is 0 Å². The molecule has 1 fully saturated rings. The Morgan fingerprint density at radius 3 is 2.31 bits per heavy atom. The number of Topliss-reactive ketones (excluding diaryl/α,β-unsaturated/α-hetero) is 1. The standard InChI is InChI=1S/C26H32N4O4S/c1-4-28(5-2)26(32)24-18-27-30-15-12-22(17-25(24)30)21-10-13-29(14-11-21)35(33,34)23-8-6-20(7-9-23)16-19(3)31/h6-9,12,15,17-18,21H,4-5,10-11,13-14,16H2,1-3H3. The van der Waals surface area contributed by atoms with Crippen molar-refractivity contribution < 1.29 is 18.0 Å². The second-order valence-electron chi connectivity index (χ2n) is 9.03. The Bertz CT molecular complexity index is 1320. The van der Waals surface area contributed by atoms with Crippen molar-refractivity contribution >= 4 is 27.2 Å². The minimum Gasteiger partial charge on any atom is -0.339 e. The van der Waals surface area contributed by atoms with E-state index in [4.69, 9.17) is 0 Å². The van der Waals surface area contributed by atoms with Gasteiger partial charge in [0.2, 0.25) is 10.0 Å². The molecule has 1 aliphatic rings. The minimum atomic E-state index is -3.59. The third-order valence-electron chi connectivity index (χ3n) is 6.77. The number of aromatic nitrogens is 2. The molecule has 8 nitrogen and oxygen atoms in total. The summed E-state index contributed by atoms with van der Waals surface area (Å²) in [5.41, 5.74) is 3.27. The fraction of sp³-hybridized carbons (Fsp3) is 0.423. The molecule has 1 saturated heterocycles. The molecule has 2 aromatic heterocycles. The molecule has 0 bridgehead atoms. The molecule has 0 saturated carbocycles. The van der Waals surface area contributed by atoms with Crippen LogP contribution >= 0.6 is 0 Å². The van der Waals surface area contributed by atoms with E-state index in [0.717, 1.165) is 16.6 Å². The van der Waals surface area contributed by atoms with Crippen molar-refractivity contribution in [2.24, 2.45) is 0 Å². The van der Waals surface area contributed by atoms with E-state index in [9.17, 15) is 18.0 Å². The van der Waals surface area contributed by atoms with Gasteiger partial charge in [-0.1, -0.05) is 12.1 Å². The number of pyridine rings is 1. The minimum absolute atomic E-state index is 0.0302. The molecule has 186 valence electrons. The lowest BCUT2D eigenvalue weighted by atomic mass is 9.90. The average Bonchev–Trinajstić information content (AvgIpc) is 3.28. The number of piperidine rings is 1. The number of hydrogen-bond acceptors (Lipinski definition) is 5. The van der Waals surface area contributed by atoms with Crippen molar-refractivity contribution in [3.05, 3.63) is 65.5 Å². The van der Waals surface area contributed by atoms with E-state index in [1.165, 1.54) is 11.2 Å². The number of carbonyl (C=O) groups is 2. The highest BCUT2D eigenvalue weighted by Crippen LogP contribution is 2.32. The molecule has 1 aliphatic heterocycles. The van der Waals surface area contributed by atoms with Crippen LogP contribution in [0.1, 0.15) is 61.0 Å². The van der Waals surface area contributed by atoms with Gasteiger partial charge >= 0.3 is 0 Å². The summed E-state index contributed by atoms with van der Waals surface area (Å²) in [5.74, 6) is 0.217. The van der Waals surface area contributed by atoms with Crippen LogP contribution in [0.5, 0.6) is 0 Å². The highest BCUT2D eigenvalue weighted by molar-refractivity contribution is 7.89. The molecule has 0 N–H and O–H groups in total.